The molecule has 2 heteroatoms. The molecule has 0 saturated heterocycles. The van der Waals surface area contributed by atoms with Crippen LogP contribution >= 0.6 is 0 Å². The summed E-state index contributed by atoms with van der Waals surface area (Å²) in [5.74, 6) is 0.564. The standard InChI is InChI=1S/C53H41NO/c1-53(2)48-24-14-13-22-42(48)43-28-27-40(32-49(43)53)54(39-26-25-35-17-9-10-20-37(35)29-39)50-31-38(34-15-5-3-6-16-34)30-46-47-33-45(36-18-7-4-8-19-36)41-21-11-12-23-44(41)51(47)55-52(46)50/h3-8,10-16,18-24,26-33,35H,9,17,25H2,1-2H3. The summed E-state index contributed by atoms with van der Waals surface area (Å²) < 4.78 is 7.26. The van der Waals surface area contributed by atoms with Crippen LogP contribution in [-0.2, 0) is 5.41 Å². The maximum Gasteiger partial charge on any atom is 0.159 e. The molecule has 0 fully saturated rings. The molecule has 0 saturated carbocycles. The highest BCUT2D eigenvalue weighted by atomic mass is 16.3. The second kappa shape index (κ2) is 12.3. The van der Waals surface area contributed by atoms with Crippen molar-refractivity contribution in [2.45, 2.75) is 38.5 Å². The summed E-state index contributed by atoms with van der Waals surface area (Å²) in [4.78, 5) is 2.49. The van der Waals surface area contributed by atoms with Gasteiger partial charge in [-0.2, -0.15) is 0 Å². The van der Waals surface area contributed by atoms with Crippen LogP contribution in [0.4, 0.5) is 11.4 Å². The van der Waals surface area contributed by atoms with E-state index in [1.807, 2.05) is 0 Å². The van der Waals surface area contributed by atoms with Gasteiger partial charge >= 0.3 is 0 Å². The van der Waals surface area contributed by atoms with Crippen LogP contribution in [-0.4, -0.2) is 0 Å². The van der Waals surface area contributed by atoms with Gasteiger partial charge in [-0.1, -0.05) is 147 Å². The Balaban J connectivity index is 1.22. The third-order valence-corrected chi connectivity index (χ3v) is 12.5. The normalized spacial score (nSPS) is 16.8. The van der Waals surface area contributed by atoms with Gasteiger partial charge in [0.15, 0.2) is 5.58 Å². The molecule has 2 nitrogen and oxygen atoms in total. The summed E-state index contributed by atoms with van der Waals surface area (Å²) in [7, 11) is 0. The molecule has 3 aliphatic carbocycles. The number of rotatable bonds is 5. The number of furan rings is 1. The van der Waals surface area contributed by atoms with Crippen molar-refractivity contribution < 1.29 is 4.42 Å². The van der Waals surface area contributed by atoms with Gasteiger partial charge in [-0.15, -0.1) is 0 Å². The van der Waals surface area contributed by atoms with Crippen molar-refractivity contribution in [3.8, 4) is 33.4 Å². The van der Waals surface area contributed by atoms with Gasteiger partial charge in [0.25, 0.3) is 0 Å². The molecule has 1 aromatic heterocycles. The van der Waals surface area contributed by atoms with Crippen molar-refractivity contribution in [2.75, 3.05) is 4.90 Å². The van der Waals surface area contributed by atoms with Crippen molar-refractivity contribution in [3.05, 3.63) is 192 Å². The molecule has 1 unspecified atom stereocenters. The van der Waals surface area contributed by atoms with Crippen LogP contribution in [0.25, 0.3) is 66.1 Å². The molecule has 264 valence electrons. The minimum Gasteiger partial charge on any atom is -0.453 e. The lowest BCUT2D eigenvalue weighted by Gasteiger charge is -2.33. The Kier molecular flexibility index (Phi) is 7.19. The van der Waals surface area contributed by atoms with Crippen LogP contribution in [0.2, 0.25) is 0 Å². The van der Waals surface area contributed by atoms with Crippen molar-refractivity contribution in [1.29, 1.82) is 0 Å². The Labute approximate surface area is 322 Å². The lowest BCUT2D eigenvalue weighted by molar-refractivity contribution is 0.562. The first-order valence-electron chi connectivity index (χ1n) is 19.7. The Bertz CT molecular complexity index is 2920. The number of allylic oxidation sites excluding steroid dienone is 5. The molecule has 1 heterocycles. The molecule has 8 aromatic rings. The van der Waals surface area contributed by atoms with Crippen molar-refractivity contribution in [1.82, 2.24) is 0 Å². The molecular weight excluding hydrogens is 667 g/mol. The SMILES string of the molecule is CC1(C)c2ccccc2-c2ccc(N(C3=CCC4CCC=CC4=C3)c3cc(-c4ccccc4)cc4c3oc3c5ccccc5c(-c5ccccc5)cc43)cc21. The van der Waals surface area contributed by atoms with E-state index in [4.69, 9.17) is 4.42 Å². The Morgan fingerprint density at radius 3 is 2.13 bits per heavy atom. The van der Waals surface area contributed by atoms with Gasteiger partial charge in [0.1, 0.15) is 5.58 Å². The lowest BCUT2D eigenvalue weighted by atomic mass is 9.82. The van der Waals surface area contributed by atoms with E-state index in [0.717, 1.165) is 51.5 Å². The number of benzene rings is 7. The second-order valence-corrected chi connectivity index (χ2v) is 16.0. The zero-order valence-electron chi connectivity index (χ0n) is 31.2. The minimum atomic E-state index is -0.127. The van der Waals surface area contributed by atoms with Gasteiger partial charge in [-0.05, 0) is 117 Å². The molecule has 11 rings (SSSR count). The summed E-state index contributed by atoms with van der Waals surface area (Å²) in [5.41, 5.74) is 16.6. The van der Waals surface area contributed by atoms with Gasteiger partial charge in [0.2, 0.25) is 0 Å². The minimum absolute atomic E-state index is 0.127. The highest BCUT2D eigenvalue weighted by molar-refractivity contribution is 6.21. The first-order chi connectivity index (χ1) is 27.0. The first kappa shape index (κ1) is 32.1. The van der Waals surface area contributed by atoms with E-state index in [2.05, 4.69) is 189 Å². The third-order valence-electron chi connectivity index (χ3n) is 12.5. The van der Waals surface area contributed by atoms with Crippen LogP contribution < -0.4 is 4.90 Å². The molecule has 0 radical (unpaired) electrons. The molecule has 0 bridgehead atoms. The maximum absolute atomic E-state index is 7.26. The topological polar surface area (TPSA) is 16.4 Å². The van der Waals surface area contributed by atoms with Crippen molar-refractivity contribution in [2.24, 2.45) is 5.92 Å². The second-order valence-electron chi connectivity index (χ2n) is 16.0. The van der Waals surface area contributed by atoms with Crippen LogP contribution in [0.5, 0.6) is 0 Å². The largest absolute Gasteiger partial charge is 0.453 e. The van der Waals surface area contributed by atoms with E-state index in [9.17, 15) is 0 Å². The molecule has 7 aromatic carbocycles. The van der Waals surface area contributed by atoms with Gasteiger partial charge in [-0.25, -0.2) is 0 Å². The molecule has 0 aliphatic heterocycles. The Morgan fingerprint density at radius 1 is 0.582 bits per heavy atom. The number of fused-ring (bicyclic) bond motifs is 9. The van der Waals surface area contributed by atoms with Gasteiger partial charge in [0.05, 0.1) is 5.69 Å². The third kappa shape index (κ3) is 5.01. The Hall–Kier alpha value is -6.38. The monoisotopic (exact) mass is 707 g/mol. The van der Waals surface area contributed by atoms with E-state index in [-0.39, 0.29) is 5.41 Å². The van der Waals surface area contributed by atoms with Gasteiger partial charge in [0, 0.05) is 33.0 Å². The summed E-state index contributed by atoms with van der Waals surface area (Å²) in [6, 6.07) is 53.4. The highest BCUT2D eigenvalue weighted by Crippen LogP contribution is 2.52. The van der Waals surface area contributed by atoms with Crippen LogP contribution in [0.15, 0.2) is 186 Å². The van der Waals surface area contributed by atoms with E-state index in [1.165, 1.54) is 67.6 Å². The van der Waals surface area contributed by atoms with E-state index >= 15 is 0 Å². The zero-order valence-corrected chi connectivity index (χ0v) is 31.2. The molecule has 55 heavy (non-hydrogen) atoms. The fraction of sp³-hybridized carbons (Fsp3) is 0.132. The van der Waals surface area contributed by atoms with Gasteiger partial charge in [-0.3, -0.25) is 0 Å². The average Bonchev–Trinajstić information content (AvgIpc) is 3.73. The predicted molar refractivity (Wildman–Crippen MR) is 231 cm³/mol. The van der Waals surface area contributed by atoms with E-state index < -0.39 is 0 Å². The van der Waals surface area contributed by atoms with Crippen LogP contribution in [0.1, 0.15) is 44.2 Å². The summed E-state index contributed by atoms with van der Waals surface area (Å²) in [5, 5.41) is 4.56. The molecule has 0 spiro atoms. The fourth-order valence-corrected chi connectivity index (χ4v) is 9.65. The van der Waals surface area contributed by atoms with E-state index in [1.54, 1.807) is 0 Å². The first-order valence-corrected chi connectivity index (χ1v) is 19.7. The molecule has 3 aliphatic rings. The highest BCUT2D eigenvalue weighted by Gasteiger charge is 2.36. The molecule has 0 N–H and O–H groups in total. The molecular formula is C53H41NO. The van der Waals surface area contributed by atoms with Crippen molar-refractivity contribution >= 4 is 44.1 Å². The number of hydrogen-bond acceptors (Lipinski definition) is 2. The fourth-order valence-electron chi connectivity index (χ4n) is 9.65. The average molecular weight is 708 g/mol. The van der Waals surface area contributed by atoms with Gasteiger partial charge < -0.3 is 9.32 Å². The number of anilines is 2. The summed E-state index contributed by atoms with van der Waals surface area (Å²) >= 11 is 0. The van der Waals surface area contributed by atoms with Crippen LogP contribution in [0, 0.1) is 5.92 Å². The zero-order chi connectivity index (χ0) is 36.7. The number of hydrogen-bond donors (Lipinski definition) is 0. The quantitative estimate of drug-likeness (QED) is 0.177. The predicted octanol–water partition coefficient (Wildman–Crippen LogP) is 14.7. The Morgan fingerprint density at radius 2 is 1.29 bits per heavy atom. The molecule has 1 atom stereocenters. The smallest absolute Gasteiger partial charge is 0.159 e. The van der Waals surface area contributed by atoms with Crippen LogP contribution in [0.3, 0.4) is 0 Å². The maximum atomic E-state index is 7.26. The van der Waals surface area contributed by atoms with Crippen molar-refractivity contribution in [3.63, 3.8) is 0 Å². The summed E-state index contributed by atoms with van der Waals surface area (Å²) in [6.07, 6.45) is 13.0. The molecule has 0 amide bonds. The lowest BCUT2D eigenvalue weighted by Crippen LogP contribution is -2.21. The summed E-state index contributed by atoms with van der Waals surface area (Å²) in [6.45, 7) is 4.74. The van der Waals surface area contributed by atoms with E-state index in [0.29, 0.717) is 5.92 Å². The number of nitrogens with zero attached hydrogens (tertiary/aromatic N) is 1.